The summed E-state index contributed by atoms with van der Waals surface area (Å²) in [6.45, 7) is 16.2. The number of hydrazone groups is 1. The van der Waals surface area contributed by atoms with Gasteiger partial charge in [0.2, 0.25) is 0 Å². The van der Waals surface area contributed by atoms with Crippen LogP contribution < -0.4 is 9.91 Å². The molecule has 1 aliphatic carbocycles. The first kappa shape index (κ1) is 24.9. The number of pyridine rings is 1. The maximum absolute atomic E-state index is 6.75. The van der Waals surface area contributed by atoms with Crippen molar-refractivity contribution in [2.45, 2.75) is 96.4 Å². The van der Waals surface area contributed by atoms with E-state index in [0.717, 1.165) is 68.3 Å². The zero-order valence-corrected chi connectivity index (χ0v) is 23.2. The molecule has 0 radical (unpaired) electrons. The van der Waals surface area contributed by atoms with Crippen molar-refractivity contribution in [3.05, 3.63) is 34.3 Å². The molecule has 0 amide bonds. The first-order valence-electron chi connectivity index (χ1n) is 14.2. The second kappa shape index (κ2) is 9.38. The normalized spacial score (nSPS) is 27.8. The highest BCUT2D eigenvalue weighted by molar-refractivity contribution is 5.65. The van der Waals surface area contributed by atoms with Gasteiger partial charge in [0, 0.05) is 67.0 Å². The lowest BCUT2D eigenvalue weighted by molar-refractivity contribution is -0.202. The monoisotopic (exact) mass is 505 g/mol. The second-order valence-corrected chi connectivity index (χ2v) is 12.0. The van der Waals surface area contributed by atoms with E-state index < -0.39 is 0 Å². The van der Waals surface area contributed by atoms with Gasteiger partial charge in [-0.3, -0.25) is 14.6 Å². The van der Waals surface area contributed by atoms with Gasteiger partial charge in [0.25, 0.3) is 0 Å². The van der Waals surface area contributed by atoms with Crippen LogP contribution in [0.15, 0.2) is 11.2 Å². The number of hydrogen-bond donors (Lipinski definition) is 0. The molecular formula is C29H43N7O. The van der Waals surface area contributed by atoms with Crippen molar-refractivity contribution in [3.63, 3.8) is 0 Å². The zero-order chi connectivity index (χ0) is 25.8. The summed E-state index contributed by atoms with van der Waals surface area (Å²) in [6.07, 6.45) is 9.97. The van der Waals surface area contributed by atoms with Gasteiger partial charge in [-0.1, -0.05) is 6.42 Å². The third-order valence-electron chi connectivity index (χ3n) is 9.75. The van der Waals surface area contributed by atoms with E-state index in [2.05, 4.69) is 53.1 Å². The summed E-state index contributed by atoms with van der Waals surface area (Å²) in [5.74, 6) is 0.870. The minimum absolute atomic E-state index is 0.0448. The first-order chi connectivity index (χ1) is 17.8. The van der Waals surface area contributed by atoms with Crippen molar-refractivity contribution < 1.29 is 4.74 Å². The van der Waals surface area contributed by atoms with E-state index in [1.807, 2.05) is 7.05 Å². The number of rotatable bonds is 6. The van der Waals surface area contributed by atoms with Gasteiger partial charge in [-0.2, -0.15) is 10.2 Å². The summed E-state index contributed by atoms with van der Waals surface area (Å²) in [5.41, 5.74) is 7.55. The average Bonchev–Trinajstić information content (AvgIpc) is 3.24. The van der Waals surface area contributed by atoms with Crippen molar-refractivity contribution in [1.82, 2.24) is 19.7 Å². The number of anilines is 2. The predicted octanol–water partition coefficient (Wildman–Crippen LogP) is 4.39. The molecule has 4 fully saturated rings. The molecule has 2 aromatic heterocycles. The Morgan fingerprint density at radius 1 is 1.08 bits per heavy atom. The Hall–Kier alpha value is -2.45. The van der Waals surface area contributed by atoms with Crippen LogP contribution in [0.4, 0.5) is 11.5 Å². The molecule has 8 nitrogen and oxygen atoms in total. The highest BCUT2D eigenvalue weighted by atomic mass is 16.5. The number of piperidine rings is 1. The van der Waals surface area contributed by atoms with Crippen molar-refractivity contribution in [2.75, 3.05) is 43.2 Å². The molecule has 37 heavy (non-hydrogen) atoms. The van der Waals surface area contributed by atoms with Crippen LogP contribution in [0.2, 0.25) is 0 Å². The molecule has 200 valence electrons. The fourth-order valence-electron chi connectivity index (χ4n) is 7.41. The highest BCUT2D eigenvalue weighted by Crippen LogP contribution is 2.48. The fraction of sp³-hybridized carbons (Fsp3) is 0.690. The Morgan fingerprint density at radius 3 is 2.51 bits per heavy atom. The zero-order valence-electron chi connectivity index (χ0n) is 23.2. The van der Waals surface area contributed by atoms with Gasteiger partial charge in [-0.05, 0) is 78.5 Å². The lowest BCUT2D eigenvalue weighted by Crippen LogP contribution is -2.64. The summed E-state index contributed by atoms with van der Waals surface area (Å²) >= 11 is 0. The summed E-state index contributed by atoms with van der Waals surface area (Å²) in [7, 11) is 1.91. The Kier molecular flexibility index (Phi) is 6.30. The van der Waals surface area contributed by atoms with Crippen LogP contribution in [0.5, 0.6) is 0 Å². The van der Waals surface area contributed by atoms with Gasteiger partial charge < -0.3 is 9.64 Å². The molecule has 4 aliphatic heterocycles. The molecule has 0 atom stereocenters. The Labute approximate surface area is 221 Å². The molecule has 6 heterocycles. The number of fused-ring (bicyclic) bond motifs is 4. The van der Waals surface area contributed by atoms with Crippen molar-refractivity contribution in [2.24, 2.45) is 5.10 Å². The average molecular weight is 506 g/mol. The van der Waals surface area contributed by atoms with Crippen molar-refractivity contribution >= 4 is 18.2 Å². The van der Waals surface area contributed by atoms with Crippen LogP contribution in [0.1, 0.15) is 73.2 Å². The molecule has 2 bridgehead atoms. The molecule has 5 aliphatic rings. The SMILES string of the molecule is C=NN(C)c1nc(C)cc(N2CCc3c(c(C)nn3CC34CCC(N5CCCCC5)(CC3)CO4)C2)c1C. The van der Waals surface area contributed by atoms with Gasteiger partial charge in [-0.15, -0.1) is 0 Å². The Balaban J connectivity index is 1.19. The summed E-state index contributed by atoms with van der Waals surface area (Å²) in [6, 6.07) is 2.20. The Bertz CT molecular complexity index is 1160. The highest BCUT2D eigenvalue weighted by Gasteiger charge is 2.52. The molecule has 0 N–H and O–H groups in total. The van der Waals surface area contributed by atoms with E-state index in [1.165, 1.54) is 62.1 Å². The summed E-state index contributed by atoms with van der Waals surface area (Å²) in [4.78, 5) is 9.97. The number of likely N-dealkylation sites (tertiary alicyclic amines) is 1. The molecule has 0 aromatic carbocycles. The third kappa shape index (κ3) is 4.26. The summed E-state index contributed by atoms with van der Waals surface area (Å²) < 4.78 is 9.06. The Morgan fingerprint density at radius 2 is 1.84 bits per heavy atom. The quantitative estimate of drug-likeness (QED) is 0.429. The number of ether oxygens (including phenoxy) is 1. The van der Waals surface area contributed by atoms with Crippen molar-refractivity contribution in [1.29, 1.82) is 0 Å². The van der Waals surface area contributed by atoms with Crippen LogP contribution in [0.3, 0.4) is 0 Å². The lowest BCUT2D eigenvalue weighted by Gasteiger charge is -2.58. The van der Waals surface area contributed by atoms with Gasteiger partial charge >= 0.3 is 0 Å². The third-order valence-corrected chi connectivity index (χ3v) is 9.75. The largest absolute Gasteiger partial charge is 0.371 e. The number of nitrogens with zero attached hydrogens (tertiary/aromatic N) is 7. The van der Waals surface area contributed by atoms with Crippen LogP contribution in [-0.2, 0) is 24.2 Å². The van der Waals surface area contributed by atoms with Crippen molar-refractivity contribution in [3.8, 4) is 0 Å². The van der Waals surface area contributed by atoms with Crippen LogP contribution in [0.25, 0.3) is 0 Å². The molecule has 8 heteroatoms. The lowest BCUT2D eigenvalue weighted by atomic mass is 9.69. The second-order valence-electron chi connectivity index (χ2n) is 12.0. The predicted molar refractivity (Wildman–Crippen MR) is 149 cm³/mol. The fourth-order valence-corrected chi connectivity index (χ4v) is 7.41. The molecule has 2 aromatic rings. The summed E-state index contributed by atoms with van der Waals surface area (Å²) in [5, 5.41) is 10.9. The molecule has 0 spiro atoms. The van der Waals surface area contributed by atoms with Gasteiger partial charge in [0.15, 0.2) is 5.82 Å². The minimum Gasteiger partial charge on any atom is -0.371 e. The molecule has 0 unspecified atom stereocenters. The van der Waals surface area contributed by atoms with E-state index in [9.17, 15) is 0 Å². The number of hydrogen-bond acceptors (Lipinski definition) is 7. The van der Waals surface area contributed by atoms with Gasteiger partial charge in [-0.25, -0.2) is 4.98 Å². The van der Waals surface area contributed by atoms with Crippen LogP contribution in [0, 0.1) is 20.8 Å². The van der Waals surface area contributed by atoms with Crippen LogP contribution in [-0.4, -0.2) is 70.8 Å². The number of aromatic nitrogens is 3. The van der Waals surface area contributed by atoms with E-state index in [1.54, 1.807) is 5.01 Å². The van der Waals surface area contributed by atoms with E-state index in [4.69, 9.17) is 14.8 Å². The molecule has 7 rings (SSSR count). The van der Waals surface area contributed by atoms with E-state index >= 15 is 0 Å². The van der Waals surface area contributed by atoms with Crippen LogP contribution >= 0.6 is 0 Å². The van der Waals surface area contributed by atoms with Gasteiger partial charge in [0.05, 0.1) is 24.4 Å². The molecule has 1 saturated carbocycles. The standard InChI is InChI=1S/C29H43N7O/c1-21-17-26(22(2)27(31-21)33(5)30-4)34-16-9-25-24(18-34)23(3)32-36(25)19-29-12-10-28(11-13-29,20-37-29)35-14-7-6-8-15-35/h17H,4,6-16,18-20H2,1-3,5H3. The van der Waals surface area contributed by atoms with E-state index in [-0.39, 0.29) is 5.60 Å². The smallest absolute Gasteiger partial charge is 0.153 e. The maximum Gasteiger partial charge on any atom is 0.153 e. The van der Waals surface area contributed by atoms with E-state index in [0.29, 0.717) is 5.54 Å². The minimum atomic E-state index is -0.0448. The topological polar surface area (TPSA) is 62.0 Å². The molecular weight excluding hydrogens is 462 g/mol. The molecule has 3 saturated heterocycles. The first-order valence-corrected chi connectivity index (χ1v) is 14.2. The maximum atomic E-state index is 6.75. The number of aryl methyl sites for hydroxylation is 2. The van der Waals surface area contributed by atoms with Gasteiger partial charge in [0.1, 0.15) is 0 Å².